The first kappa shape index (κ1) is 14.9. The Balaban J connectivity index is 2.70. The molecule has 0 radical (unpaired) electrons. The van der Waals surface area contributed by atoms with Crippen molar-refractivity contribution in [1.29, 1.82) is 0 Å². The van der Waals surface area contributed by atoms with Gasteiger partial charge in [0.2, 0.25) is 0 Å². The molecule has 1 saturated carbocycles. The lowest BCUT2D eigenvalue weighted by molar-refractivity contribution is 0.0277. The fourth-order valence-corrected chi connectivity index (χ4v) is 3.47. The van der Waals surface area contributed by atoms with Gasteiger partial charge in [0, 0.05) is 25.2 Å². The zero-order valence-electron chi connectivity index (χ0n) is 12.4. The Labute approximate surface area is 107 Å². The lowest BCUT2D eigenvalue weighted by Gasteiger charge is -2.46. The molecule has 0 amide bonds. The Morgan fingerprint density at radius 1 is 1.35 bits per heavy atom. The number of hydrogen-bond acceptors (Lipinski definition) is 3. The number of likely N-dealkylation sites (N-methyl/N-ethyl adjacent to an activating group) is 2. The van der Waals surface area contributed by atoms with Crippen LogP contribution in [0, 0.1) is 11.8 Å². The summed E-state index contributed by atoms with van der Waals surface area (Å²) >= 11 is 0. The summed E-state index contributed by atoms with van der Waals surface area (Å²) in [6.45, 7) is 7.82. The van der Waals surface area contributed by atoms with E-state index in [1.807, 2.05) is 0 Å². The van der Waals surface area contributed by atoms with Crippen LogP contribution in [0.1, 0.15) is 33.6 Å². The largest absolute Gasteiger partial charge is 0.383 e. The van der Waals surface area contributed by atoms with E-state index in [0.717, 1.165) is 18.4 Å². The van der Waals surface area contributed by atoms with Gasteiger partial charge < -0.3 is 10.1 Å². The molecule has 0 bridgehead atoms. The van der Waals surface area contributed by atoms with Crippen molar-refractivity contribution in [3.05, 3.63) is 0 Å². The molecule has 1 aliphatic rings. The molecule has 0 aromatic carbocycles. The van der Waals surface area contributed by atoms with E-state index in [-0.39, 0.29) is 0 Å². The molecule has 0 aliphatic heterocycles. The first-order valence-electron chi connectivity index (χ1n) is 6.89. The molecule has 17 heavy (non-hydrogen) atoms. The summed E-state index contributed by atoms with van der Waals surface area (Å²) in [6.07, 6.45) is 2.63. The van der Waals surface area contributed by atoms with Crippen LogP contribution in [-0.2, 0) is 4.74 Å². The molecule has 1 rings (SSSR count). The van der Waals surface area contributed by atoms with Gasteiger partial charge in [-0.3, -0.25) is 4.90 Å². The molecule has 1 N–H and O–H groups in total. The van der Waals surface area contributed by atoms with Crippen LogP contribution in [-0.4, -0.2) is 50.8 Å². The third kappa shape index (κ3) is 3.67. The summed E-state index contributed by atoms with van der Waals surface area (Å²) in [6, 6.07) is 1.72. The predicted molar refractivity (Wildman–Crippen MR) is 73.3 cm³/mol. The molecular weight excluding hydrogens is 212 g/mol. The monoisotopic (exact) mass is 242 g/mol. The standard InChI is InChI=1S/C14H30N2O/c1-10-7-11(2)14(13(8-10)15-4)16(5)12(3)9-17-6/h10-15H,7-9H2,1-6H3. The Kier molecular flexibility index (Phi) is 5.90. The predicted octanol–water partition coefficient (Wildman–Crippen LogP) is 1.98. The van der Waals surface area contributed by atoms with Crippen molar-refractivity contribution >= 4 is 0 Å². The van der Waals surface area contributed by atoms with Crippen LogP contribution in [0.3, 0.4) is 0 Å². The summed E-state index contributed by atoms with van der Waals surface area (Å²) in [5, 5.41) is 3.51. The highest BCUT2D eigenvalue weighted by molar-refractivity contribution is 4.93. The van der Waals surface area contributed by atoms with Crippen LogP contribution in [0.5, 0.6) is 0 Å². The fourth-order valence-electron chi connectivity index (χ4n) is 3.47. The molecule has 0 aromatic heterocycles. The van der Waals surface area contributed by atoms with Crippen molar-refractivity contribution in [1.82, 2.24) is 10.2 Å². The average molecular weight is 242 g/mol. The second-order valence-corrected chi connectivity index (χ2v) is 5.91. The molecule has 102 valence electrons. The van der Waals surface area contributed by atoms with Crippen LogP contribution in [0.25, 0.3) is 0 Å². The van der Waals surface area contributed by atoms with Gasteiger partial charge in [0.15, 0.2) is 0 Å². The van der Waals surface area contributed by atoms with E-state index in [1.165, 1.54) is 12.8 Å². The first-order valence-corrected chi connectivity index (χ1v) is 6.89. The molecule has 5 unspecified atom stereocenters. The minimum absolute atomic E-state index is 0.483. The van der Waals surface area contributed by atoms with E-state index in [9.17, 15) is 0 Å². The highest BCUT2D eigenvalue weighted by atomic mass is 16.5. The molecular formula is C14H30N2O. The molecule has 0 heterocycles. The molecule has 3 nitrogen and oxygen atoms in total. The van der Waals surface area contributed by atoms with Crippen LogP contribution in [0.15, 0.2) is 0 Å². The highest BCUT2D eigenvalue weighted by Crippen LogP contribution is 2.32. The van der Waals surface area contributed by atoms with E-state index in [0.29, 0.717) is 18.1 Å². The molecule has 0 aromatic rings. The van der Waals surface area contributed by atoms with Crippen molar-refractivity contribution < 1.29 is 4.74 Å². The summed E-state index contributed by atoms with van der Waals surface area (Å²) in [5.74, 6) is 1.59. The molecule has 3 heteroatoms. The van der Waals surface area contributed by atoms with Gasteiger partial charge in [0.05, 0.1) is 6.61 Å². The number of ether oxygens (including phenoxy) is 1. The number of nitrogens with one attached hydrogen (secondary N) is 1. The zero-order chi connectivity index (χ0) is 13.0. The van der Waals surface area contributed by atoms with Crippen LogP contribution >= 0.6 is 0 Å². The lowest BCUT2D eigenvalue weighted by Crippen LogP contribution is -2.57. The van der Waals surface area contributed by atoms with E-state index >= 15 is 0 Å². The highest BCUT2D eigenvalue weighted by Gasteiger charge is 2.36. The van der Waals surface area contributed by atoms with Crippen molar-refractivity contribution in [2.75, 3.05) is 27.8 Å². The topological polar surface area (TPSA) is 24.5 Å². The van der Waals surface area contributed by atoms with Gasteiger partial charge in [0.1, 0.15) is 0 Å². The second kappa shape index (κ2) is 6.72. The zero-order valence-corrected chi connectivity index (χ0v) is 12.4. The lowest BCUT2D eigenvalue weighted by atomic mass is 9.75. The first-order chi connectivity index (χ1) is 8.01. The minimum Gasteiger partial charge on any atom is -0.383 e. The maximum atomic E-state index is 5.28. The third-order valence-corrected chi connectivity index (χ3v) is 4.37. The SMILES string of the molecule is CNC1CC(C)CC(C)C1N(C)C(C)COC. The van der Waals surface area contributed by atoms with E-state index in [2.05, 4.69) is 45.1 Å². The number of nitrogens with zero attached hydrogens (tertiary/aromatic N) is 1. The van der Waals surface area contributed by atoms with E-state index in [1.54, 1.807) is 7.11 Å². The van der Waals surface area contributed by atoms with Gasteiger partial charge >= 0.3 is 0 Å². The third-order valence-electron chi connectivity index (χ3n) is 4.37. The van der Waals surface area contributed by atoms with Crippen LogP contribution in [0.4, 0.5) is 0 Å². The van der Waals surface area contributed by atoms with Gasteiger partial charge in [-0.25, -0.2) is 0 Å². The van der Waals surface area contributed by atoms with Crippen molar-refractivity contribution in [3.8, 4) is 0 Å². The Morgan fingerprint density at radius 2 is 2.00 bits per heavy atom. The quantitative estimate of drug-likeness (QED) is 0.798. The Hall–Kier alpha value is -0.120. The maximum Gasteiger partial charge on any atom is 0.0615 e. The Morgan fingerprint density at radius 3 is 2.53 bits per heavy atom. The van der Waals surface area contributed by atoms with Crippen molar-refractivity contribution in [2.24, 2.45) is 11.8 Å². The van der Waals surface area contributed by atoms with E-state index in [4.69, 9.17) is 4.74 Å². The minimum atomic E-state index is 0.483. The summed E-state index contributed by atoms with van der Waals surface area (Å²) < 4.78 is 5.28. The smallest absolute Gasteiger partial charge is 0.0615 e. The molecule has 0 spiro atoms. The molecule has 5 atom stereocenters. The summed E-state index contributed by atoms with van der Waals surface area (Å²) in [5.41, 5.74) is 0. The average Bonchev–Trinajstić information content (AvgIpc) is 2.27. The van der Waals surface area contributed by atoms with Gasteiger partial charge in [-0.15, -0.1) is 0 Å². The molecule has 1 aliphatic carbocycles. The summed E-state index contributed by atoms with van der Waals surface area (Å²) in [4.78, 5) is 2.50. The number of hydrogen-bond donors (Lipinski definition) is 1. The van der Waals surface area contributed by atoms with Gasteiger partial charge in [-0.2, -0.15) is 0 Å². The van der Waals surface area contributed by atoms with Gasteiger partial charge in [-0.05, 0) is 45.7 Å². The second-order valence-electron chi connectivity index (χ2n) is 5.91. The Bertz CT molecular complexity index is 222. The van der Waals surface area contributed by atoms with Crippen LogP contribution < -0.4 is 5.32 Å². The normalized spacial score (nSPS) is 36.2. The summed E-state index contributed by atoms with van der Waals surface area (Å²) in [7, 11) is 6.12. The fraction of sp³-hybridized carbons (Fsp3) is 1.00. The van der Waals surface area contributed by atoms with Gasteiger partial charge in [-0.1, -0.05) is 13.8 Å². The van der Waals surface area contributed by atoms with Gasteiger partial charge in [0.25, 0.3) is 0 Å². The molecule has 1 fully saturated rings. The number of methoxy groups -OCH3 is 1. The van der Waals surface area contributed by atoms with Crippen LogP contribution in [0.2, 0.25) is 0 Å². The maximum absolute atomic E-state index is 5.28. The molecule has 0 saturated heterocycles. The van der Waals surface area contributed by atoms with Crippen molar-refractivity contribution in [2.45, 2.75) is 51.7 Å². The number of rotatable bonds is 5. The van der Waals surface area contributed by atoms with E-state index < -0.39 is 0 Å². The van der Waals surface area contributed by atoms with Crippen molar-refractivity contribution in [3.63, 3.8) is 0 Å².